The van der Waals surface area contributed by atoms with E-state index >= 15 is 0 Å². The maximum Gasteiger partial charge on any atom is 0.305 e. The van der Waals surface area contributed by atoms with Gasteiger partial charge in [0.25, 0.3) is 0 Å². The number of unbranched alkanes of at least 4 members (excludes halogenated alkanes) is 52. The molecule has 0 aliphatic rings. The monoisotopic (exact) mass is 1060 g/mol. The first-order valence-corrected chi connectivity index (χ1v) is 34.4. The SMILES string of the molecule is CCCCCCCC/C=C\CCCCCCCC(=O)OCCCCCCCCCCCCCCCCCCCCCCCCCCCCCCC(=O)NC(CO)C(O)CCCCCCCCCCCCCCCCC. The maximum absolute atomic E-state index is 12.5. The van der Waals surface area contributed by atoms with Crippen LogP contribution >= 0.6 is 0 Å². The number of aliphatic hydroxyl groups excluding tert-OH is 2. The Morgan fingerprint density at radius 1 is 0.360 bits per heavy atom. The molecule has 6 heteroatoms. The Kier molecular flexibility index (Phi) is 63.9. The number of carbonyl (C=O) groups is 2. The minimum atomic E-state index is -0.661. The van der Waals surface area contributed by atoms with Crippen LogP contribution in [0, 0.1) is 0 Å². The van der Waals surface area contributed by atoms with E-state index in [0.717, 1.165) is 44.9 Å². The molecule has 3 N–H and O–H groups in total. The second kappa shape index (κ2) is 65.1. The highest BCUT2D eigenvalue weighted by atomic mass is 16.5. The Labute approximate surface area is 469 Å². The number of aliphatic hydroxyl groups is 2. The Morgan fingerprint density at radius 3 is 0.947 bits per heavy atom. The van der Waals surface area contributed by atoms with Crippen molar-refractivity contribution in [2.75, 3.05) is 13.2 Å². The Hall–Kier alpha value is -1.40. The van der Waals surface area contributed by atoms with Gasteiger partial charge in [0.2, 0.25) is 5.91 Å². The van der Waals surface area contributed by atoms with Gasteiger partial charge >= 0.3 is 5.97 Å². The normalized spacial score (nSPS) is 12.5. The molecule has 2 atom stereocenters. The van der Waals surface area contributed by atoms with Crippen LogP contribution in [0.15, 0.2) is 12.2 Å². The summed E-state index contributed by atoms with van der Waals surface area (Å²) in [5.41, 5.74) is 0. The van der Waals surface area contributed by atoms with Gasteiger partial charge in [0, 0.05) is 12.8 Å². The minimum absolute atomic E-state index is 0.0117. The van der Waals surface area contributed by atoms with Crippen molar-refractivity contribution in [3.05, 3.63) is 12.2 Å². The highest BCUT2D eigenvalue weighted by Crippen LogP contribution is 2.19. The minimum Gasteiger partial charge on any atom is -0.466 e. The molecule has 0 spiro atoms. The van der Waals surface area contributed by atoms with Crippen molar-refractivity contribution in [2.45, 2.75) is 405 Å². The molecular formula is C69H135NO5. The van der Waals surface area contributed by atoms with Gasteiger partial charge in [-0.1, -0.05) is 341 Å². The van der Waals surface area contributed by atoms with E-state index in [9.17, 15) is 19.8 Å². The van der Waals surface area contributed by atoms with Crippen LogP contribution in [0.4, 0.5) is 0 Å². The molecule has 1 amide bonds. The van der Waals surface area contributed by atoms with Gasteiger partial charge < -0.3 is 20.3 Å². The molecule has 0 aromatic carbocycles. The molecule has 75 heavy (non-hydrogen) atoms. The van der Waals surface area contributed by atoms with E-state index in [2.05, 4.69) is 31.3 Å². The number of nitrogens with one attached hydrogen (secondary N) is 1. The zero-order valence-corrected chi connectivity index (χ0v) is 51.1. The lowest BCUT2D eigenvalue weighted by Crippen LogP contribution is -2.45. The van der Waals surface area contributed by atoms with Gasteiger partial charge in [-0.25, -0.2) is 0 Å². The van der Waals surface area contributed by atoms with E-state index in [1.807, 2.05) is 0 Å². The van der Waals surface area contributed by atoms with Gasteiger partial charge in [-0.2, -0.15) is 0 Å². The van der Waals surface area contributed by atoms with Crippen LogP contribution in [0.1, 0.15) is 393 Å². The predicted octanol–water partition coefficient (Wildman–Crippen LogP) is 22.0. The number of ether oxygens (including phenoxy) is 1. The summed E-state index contributed by atoms with van der Waals surface area (Å²) in [6, 6.07) is -0.538. The summed E-state index contributed by atoms with van der Waals surface area (Å²) < 4.78 is 5.49. The molecule has 2 unspecified atom stereocenters. The van der Waals surface area contributed by atoms with Gasteiger partial charge in [0.15, 0.2) is 0 Å². The molecule has 0 fully saturated rings. The van der Waals surface area contributed by atoms with Gasteiger partial charge in [0.05, 0.1) is 25.4 Å². The number of amides is 1. The molecule has 0 rings (SSSR count). The summed E-state index contributed by atoms with van der Waals surface area (Å²) in [5, 5.41) is 23.3. The molecular weight excluding hydrogens is 923 g/mol. The Balaban J connectivity index is 3.33. The number of rotatable bonds is 65. The fourth-order valence-corrected chi connectivity index (χ4v) is 11.1. The number of allylic oxidation sites excluding steroid dienone is 2. The third-order valence-corrected chi connectivity index (χ3v) is 16.3. The second-order valence-corrected chi connectivity index (χ2v) is 23.9. The van der Waals surface area contributed by atoms with Crippen LogP contribution in [0.5, 0.6) is 0 Å². The van der Waals surface area contributed by atoms with E-state index in [-0.39, 0.29) is 18.5 Å². The molecule has 0 aliphatic carbocycles. The van der Waals surface area contributed by atoms with Gasteiger partial charge in [0.1, 0.15) is 0 Å². The van der Waals surface area contributed by atoms with Crippen LogP contribution in [0.2, 0.25) is 0 Å². The molecule has 0 aromatic heterocycles. The van der Waals surface area contributed by atoms with E-state index in [0.29, 0.717) is 25.9 Å². The standard InChI is InChI=1S/C69H135NO5/c1-3-5-7-9-11-13-15-17-33-37-41-45-49-53-57-61-67(72)66(65-71)70-68(73)62-58-54-50-46-42-38-35-31-29-27-25-23-21-19-20-22-24-26-28-30-32-36-40-44-48-52-56-60-64-75-69(74)63-59-55-51-47-43-39-34-18-16-14-12-10-8-6-4-2/h18,34,66-67,71-72H,3-17,19-33,35-65H2,1-2H3,(H,70,73)/b34-18-. The summed E-state index contributed by atoms with van der Waals surface area (Å²) in [6.07, 6.45) is 79.7. The van der Waals surface area contributed by atoms with Crippen LogP contribution < -0.4 is 5.32 Å². The molecule has 0 saturated carbocycles. The van der Waals surface area contributed by atoms with Crippen LogP contribution in [0.25, 0.3) is 0 Å². The summed E-state index contributed by atoms with van der Waals surface area (Å²) in [6.45, 7) is 4.98. The molecule has 446 valence electrons. The third kappa shape index (κ3) is 61.7. The van der Waals surface area contributed by atoms with Crippen molar-refractivity contribution < 1.29 is 24.5 Å². The first-order chi connectivity index (χ1) is 37.0. The number of esters is 1. The van der Waals surface area contributed by atoms with Crippen molar-refractivity contribution in [1.29, 1.82) is 0 Å². The van der Waals surface area contributed by atoms with E-state index < -0.39 is 12.1 Å². The molecule has 0 saturated heterocycles. The molecule has 0 bridgehead atoms. The molecule has 0 heterocycles. The van der Waals surface area contributed by atoms with Crippen molar-refractivity contribution in [3.8, 4) is 0 Å². The van der Waals surface area contributed by atoms with Crippen LogP contribution in [-0.2, 0) is 14.3 Å². The van der Waals surface area contributed by atoms with Crippen LogP contribution in [0.3, 0.4) is 0 Å². The molecule has 6 nitrogen and oxygen atoms in total. The van der Waals surface area contributed by atoms with Gasteiger partial charge in [-0.15, -0.1) is 0 Å². The zero-order valence-electron chi connectivity index (χ0n) is 51.1. The lowest BCUT2D eigenvalue weighted by molar-refractivity contribution is -0.143. The van der Waals surface area contributed by atoms with Crippen molar-refractivity contribution in [3.63, 3.8) is 0 Å². The summed E-state index contributed by atoms with van der Waals surface area (Å²) in [7, 11) is 0. The number of hydrogen-bond donors (Lipinski definition) is 3. The predicted molar refractivity (Wildman–Crippen MR) is 329 cm³/mol. The fraction of sp³-hybridized carbons (Fsp3) is 0.942. The zero-order chi connectivity index (χ0) is 54.3. The van der Waals surface area contributed by atoms with Crippen molar-refractivity contribution in [1.82, 2.24) is 5.32 Å². The summed E-state index contributed by atoms with van der Waals surface area (Å²) in [4.78, 5) is 24.6. The maximum atomic E-state index is 12.5. The molecule has 0 aromatic rings. The lowest BCUT2D eigenvalue weighted by atomic mass is 10.0. The van der Waals surface area contributed by atoms with Crippen LogP contribution in [-0.4, -0.2) is 47.4 Å². The average Bonchev–Trinajstić information content (AvgIpc) is 3.41. The van der Waals surface area contributed by atoms with Crippen molar-refractivity contribution >= 4 is 11.9 Å². The first kappa shape index (κ1) is 73.6. The summed E-state index contributed by atoms with van der Waals surface area (Å²) >= 11 is 0. The lowest BCUT2D eigenvalue weighted by Gasteiger charge is -2.22. The first-order valence-electron chi connectivity index (χ1n) is 34.4. The van der Waals surface area contributed by atoms with Crippen molar-refractivity contribution in [2.24, 2.45) is 0 Å². The third-order valence-electron chi connectivity index (χ3n) is 16.3. The van der Waals surface area contributed by atoms with Gasteiger partial charge in [-0.3, -0.25) is 9.59 Å². The topological polar surface area (TPSA) is 95.9 Å². The number of hydrogen-bond acceptors (Lipinski definition) is 5. The smallest absolute Gasteiger partial charge is 0.305 e. The summed E-state index contributed by atoms with van der Waals surface area (Å²) in [5.74, 6) is -0.0170. The van der Waals surface area contributed by atoms with E-state index in [4.69, 9.17) is 4.74 Å². The van der Waals surface area contributed by atoms with E-state index in [1.165, 1.54) is 315 Å². The average molecular weight is 1060 g/mol. The largest absolute Gasteiger partial charge is 0.466 e. The fourth-order valence-electron chi connectivity index (χ4n) is 11.1. The number of carbonyl (C=O) groups excluding carboxylic acids is 2. The second-order valence-electron chi connectivity index (χ2n) is 23.9. The highest BCUT2D eigenvalue weighted by Gasteiger charge is 2.20. The quantitative estimate of drug-likeness (QED) is 0.0320. The Bertz CT molecular complexity index is 1130. The Morgan fingerprint density at radius 2 is 0.627 bits per heavy atom. The molecule has 0 aliphatic heterocycles. The van der Waals surface area contributed by atoms with Gasteiger partial charge in [-0.05, 0) is 51.4 Å². The highest BCUT2D eigenvalue weighted by molar-refractivity contribution is 5.76. The molecule has 0 radical (unpaired) electrons. The van der Waals surface area contributed by atoms with E-state index in [1.54, 1.807) is 0 Å².